The van der Waals surface area contributed by atoms with Crippen LogP contribution in [0.15, 0.2) is 12.1 Å². The third-order valence-corrected chi connectivity index (χ3v) is 2.45. The number of hydrogen-bond acceptors (Lipinski definition) is 2. The summed E-state index contributed by atoms with van der Waals surface area (Å²) in [5.41, 5.74) is 3.17. The Morgan fingerprint density at radius 1 is 1.23 bits per heavy atom. The molecule has 2 nitrogen and oxygen atoms in total. The quantitative estimate of drug-likeness (QED) is 0.757. The van der Waals surface area contributed by atoms with Crippen molar-refractivity contribution in [2.45, 2.75) is 26.9 Å². The zero-order valence-electron chi connectivity index (χ0n) is 8.59. The lowest BCUT2D eigenvalue weighted by atomic mass is 9.99. The van der Waals surface area contributed by atoms with Gasteiger partial charge in [0.1, 0.15) is 5.75 Å². The highest BCUT2D eigenvalue weighted by molar-refractivity contribution is 5.44. The van der Waals surface area contributed by atoms with E-state index in [1.54, 1.807) is 14.0 Å². The van der Waals surface area contributed by atoms with Gasteiger partial charge in [0.25, 0.3) is 0 Å². The summed E-state index contributed by atoms with van der Waals surface area (Å²) < 4.78 is 5.18. The summed E-state index contributed by atoms with van der Waals surface area (Å²) in [7, 11) is 1.66. The Kier molecular flexibility index (Phi) is 2.94. The lowest BCUT2D eigenvalue weighted by Crippen LogP contribution is -1.99. The number of ether oxygens (including phenoxy) is 1. The monoisotopic (exact) mass is 180 g/mol. The maximum atomic E-state index is 9.45. The van der Waals surface area contributed by atoms with E-state index in [0.717, 1.165) is 22.4 Å². The zero-order valence-corrected chi connectivity index (χ0v) is 8.59. The van der Waals surface area contributed by atoms with Crippen LogP contribution in [0.2, 0.25) is 0 Å². The van der Waals surface area contributed by atoms with Crippen LogP contribution >= 0.6 is 0 Å². The molecule has 1 rings (SSSR count). The molecular weight excluding hydrogens is 164 g/mol. The predicted molar refractivity (Wildman–Crippen MR) is 53.1 cm³/mol. The first-order chi connectivity index (χ1) is 6.07. The summed E-state index contributed by atoms with van der Waals surface area (Å²) in [6.07, 6.45) is -0.412. The average Bonchev–Trinajstić information content (AvgIpc) is 2.09. The van der Waals surface area contributed by atoms with Crippen molar-refractivity contribution in [2.75, 3.05) is 7.11 Å². The van der Waals surface area contributed by atoms with Gasteiger partial charge in [-0.15, -0.1) is 0 Å². The van der Waals surface area contributed by atoms with Crippen molar-refractivity contribution in [2.24, 2.45) is 0 Å². The second kappa shape index (κ2) is 3.79. The topological polar surface area (TPSA) is 29.5 Å². The fraction of sp³-hybridized carbons (Fsp3) is 0.455. The number of rotatable bonds is 2. The summed E-state index contributed by atoms with van der Waals surface area (Å²) >= 11 is 0. The highest BCUT2D eigenvalue weighted by Gasteiger charge is 2.09. The number of aliphatic hydroxyl groups is 1. The van der Waals surface area contributed by atoms with Gasteiger partial charge >= 0.3 is 0 Å². The van der Waals surface area contributed by atoms with E-state index in [4.69, 9.17) is 4.74 Å². The lowest BCUT2D eigenvalue weighted by molar-refractivity contribution is 0.198. The minimum Gasteiger partial charge on any atom is -0.496 e. The van der Waals surface area contributed by atoms with E-state index in [9.17, 15) is 5.11 Å². The fourth-order valence-corrected chi connectivity index (χ4v) is 1.49. The SMILES string of the molecule is COc1ccc([C@H](C)O)c(C)c1C. The molecular formula is C11H16O2. The third-order valence-electron chi connectivity index (χ3n) is 2.45. The van der Waals surface area contributed by atoms with E-state index in [0.29, 0.717) is 0 Å². The Morgan fingerprint density at radius 2 is 1.85 bits per heavy atom. The van der Waals surface area contributed by atoms with Gasteiger partial charge in [0.2, 0.25) is 0 Å². The predicted octanol–water partition coefficient (Wildman–Crippen LogP) is 2.37. The second-order valence-electron chi connectivity index (χ2n) is 3.28. The average molecular weight is 180 g/mol. The number of methoxy groups -OCH3 is 1. The van der Waals surface area contributed by atoms with Crippen molar-refractivity contribution >= 4 is 0 Å². The van der Waals surface area contributed by atoms with Gasteiger partial charge in [0, 0.05) is 0 Å². The van der Waals surface area contributed by atoms with Crippen LogP contribution in [-0.4, -0.2) is 12.2 Å². The lowest BCUT2D eigenvalue weighted by Gasteiger charge is -2.14. The maximum Gasteiger partial charge on any atom is 0.122 e. The molecule has 0 saturated carbocycles. The van der Waals surface area contributed by atoms with E-state index in [1.807, 2.05) is 26.0 Å². The highest BCUT2D eigenvalue weighted by Crippen LogP contribution is 2.27. The molecule has 0 spiro atoms. The molecule has 1 atom stereocenters. The van der Waals surface area contributed by atoms with Crippen molar-refractivity contribution in [1.82, 2.24) is 0 Å². The molecule has 0 heterocycles. The normalized spacial score (nSPS) is 12.7. The molecule has 0 saturated heterocycles. The standard InChI is InChI=1S/C11H16O2/c1-7-8(2)11(13-4)6-5-10(7)9(3)12/h5-6,9,12H,1-4H3/t9-/m0/s1. The molecule has 72 valence electrons. The van der Waals surface area contributed by atoms with Gasteiger partial charge < -0.3 is 9.84 Å². The van der Waals surface area contributed by atoms with Crippen LogP contribution in [0.3, 0.4) is 0 Å². The molecule has 1 N–H and O–H groups in total. The zero-order chi connectivity index (χ0) is 10.0. The van der Waals surface area contributed by atoms with E-state index < -0.39 is 6.10 Å². The summed E-state index contributed by atoms with van der Waals surface area (Å²) in [5, 5.41) is 9.45. The van der Waals surface area contributed by atoms with Gasteiger partial charge in [-0.25, -0.2) is 0 Å². The molecule has 0 aliphatic rings. The van der Waals surface area contributed by atoms with Crippen molar-refractivity contribution in [3.8, 4) is 5.75 Å². The highest BCUT2D eigenvalue weighted by atomic mass is 16.5. The van der Waals surface area contributed by atoms with Gasteiger partial charge in [0.15, 0.2) is 0 Å². The van der Waals surface area contributed by atoms with Gasteiger partial charge in [-0.2, -0.15) is 0 Å². The van der Waals surface area contributed by atoms with E-state index >= 15 is 0 Å². The molecule has 0 bridgehead atoms. The van der Waals surface area contributed by atoms with Crippen LogP contribution in [0, 0.1) is 13.8 Å². The Hall–Kier alpha value is -1.02. The minimum atomic E-state index is -0.412. The van der Waals surface area contributed by atoms with Gasteiger partial charge in [-0.05, 0) is 43.5 Å². The van der Waals surface area contributed by atoms with Crippen LogP contribution in [0.5, 0.6) is 5.75 Å². The number of aliphatic hydroxyl groups excluding tert-OH is 1. The summed E-state index contributed by atoms with van der Waals surface area (Å²) in [6.45, 7) is 5.77. The van der Waals surface area contributed by atoms with Crippen molar-refractivity contribution in [3.05, 3.63) is 28.8 Å². The van der Waals surface area contributed by atoms with Crippen LogP contribution in [-0.2, 0) is 0 Å². The molecule has 1 aromatic rings. The van der Waals surface area contributed by atoms with Crippen LogP contribution in [0.25, 0.3) is 0 Å². The first kappa shape index (κ1) is 10.1. The molecule has 13 heavy (non-hydrogen) atoms. The largest absolute Gasteiger partial charge is 0.496 e. The molecule has 0 aromatic heterocycles. The van der Waals surface area contributed by atoms with E-state index in [-0.39, 0.29) is 0 Å². The first-order valence-corrected chi connectivity index (χ1v) is 4.40. The van der Waals surface area contributed by atoms with Crippen LogP contribution in [0.4, 0.5) is 0 Å². The Balaban J connectivity index is 3.23. The Morgan fingerprint density at radius 3 is 2.31 bits per heavy atom. The molecule has 2 heteroatoms. The van der Waals surface area contributed by atoms with Crippen molar-refractivity contribution in [1.29, 1.82) is 0 Å². The summed E-state index contributed by atoms with van der Waals surface area (Å²) in [5.74, 6) is 0.877. The van der Waals surface area contributed by atoms with E-state index in [2.05, 4.69) is 0 Å². The Bertz CT molecular complexity index is 303. The summed E-state index contributed by atoms with van der Waals surface area (Å²) in [6, 6.07) is 3.80. The number of benzene rings is 1. The summed E-state index contributed by atoms with van der Waals surface area (Å²) in [4.78, 5) is 0. The smallest absolute Gasteiger partial charge is 0.122 e. The van der Waals surface area contributed by atoms with Gasteiger partial charge in [-0.3, -0.25) is 0 Å². The molecule has 0 aliphatic carbocycles. The molecule has 0 radical (unpaired) electrons. The fourth-order valence-electron chi connectivity index (χ4n) is 1.49. The minimum absolute atomic E-state index is 0.412. The van der Waals surface area contributed by atoms with Crippen LogP contribution in [0.1, 0.15) is 29.7 Å². The number of hydrogen-bond donors (Lipinski definition) is 1. The van der Waals surface area contributed by atoms with Gasteiger partial charge in [-0.1, -0.05) is 6.07 Å². The van der Waals surface area contributed by atoms with Gasteiger partial charge in [0.05, 0.1) is 13.2 Å². The second-order valence-corrected chi connectivity index (χ2v) is 3.28. The molecule has 1 aromatic carbocycles. The molecule has 0 aliphatic heterocycles. The Labute approximate surface area is 79.2 Å². The van der Waals surface area contributed by atoms with Crippen molar-refractivity contribution in [3.63, 3.8) is 0 Å². The maximum absolute atomic E-state index is 9.45. The molecule has 0 fully saturated rings. The molecule has 0 amide bonds. The van der Waals surface area contributed by atoms with Crippen molar-refractivity contribution < 1.29 is 9.84 Å². The van der Waals surface area contributed by atoms with Crippen LogP contribution < -0.4 is 4.74 Å². The van der Waals surface area contributed by atoms with E-state index in [1.165, 1.54) is 0 Å². The molecule has 0 unspecified atom stereocenters. The third kappa shape index (κ3) is 1.83. The first-order valence-electron chi connectivity index (χ1n) is 4.40.